The molecule has 2 amide bonds. The number of ether oxygens (including phenoxy) is 4. The van der Waals surface area contributed by atoms with E-state index in [9.17, 15) is 14.4 Å². The molecule has 0 aliphatic carbocycles. The Labute approximate surface area is 197 Å². The Bertz CT molecular complexity index is 1120. The highest BCUT2D eigenvalue weighted by Crippen LogP contribution is 2.50. The van der Waals surface area contributed by atoms with E-state index in [1.807, 2.05) is 0 Å². The van der Waals surface area contributed by atoms with Crippen molar-refractivity contribution in [1.82, 2.24) is 5.32 Å². The van der Waals surface area contributed by atoms with Crippen LogP contribution in [0.5, 0.6) is 17.2 Å². The average Bonchev–Trinajstić information content (AvgIpc) is 3.32. The van der Waals surface area contributed by atoms with Gasteiger partial charge in [-0.15, -0.1) is 0 Å². The van der Waals surface area contributed by atoms with Gasteiger partial charge in [-0.05, 0) is 55.8 Å². The zero-order chi connectivity index (χ0) is 24.6. The first-order valence-electron chi connectivity index (χ1n) is 11.0. The highest BCUT2D eigenvalue weighted by molar-refractivity contribution is 6.24. The van der Waals surface area contributed by atoms with Crippen LogP contribution in [-0.4, -0.2) is 51.3 Å². The number of rotatable bonds is 7. The third-order valence-electron chi connectivity index (χ3n) is 6.58. The van der Waals surface area contributed by atoms with E-state index in [0.717, 1.165) is 4.90 Å². The Balaban J connectivity index is 1.80. The molecule has 0 bridgehead atoms. The van der Waals surface area contributed by atoms with Crippen molar-refractivity contribution < 1.29 is 33.3 Å². The number of methoxy groups -OCH3 is 3. The fraction of sp³-hybridized carbons (Fsp3) is 0.400. The van der Waals surface area contributed by atoms with Crippen LogP contribution in [0.25, 0.3) is 0 Å². The van der Waals surface area contributed by atoms with Gasteiger partial charge in [-0.25, -0.2) is 4.90 Å². The highest BCUT2D eigenvalue weighted by Gasteiger charge is 2.67. The maximum atomic E-state index is 13.7. The van der Waals surface area contributed by atoms with E-state index in [1.54, 1.807) is 56.3 Å². The minimum atomic E-state index is -1.40. The Morgan fingerprint density at radius 1 is 0.971 bits per heavy atom. The largest absolute Gasteiger partial charge is 0.497 e. The number of benzene rings is 2. The predicted molar refractivity (Wildman–Crippen MR) is 123 cm³/mol. The Morgan fingerprint density at radius 3 is 2.24 bits per heavy atom. The standard InChI is InChI=1S/C25H28N2O7/c1-6-34-24(30)25(2)20-19(21(26-25)14-7-12-17(32-4)18(13-14)33-5)22(28)27(23(20)29)15-8-10-16(31-3)11-9-15/h7-13,19-21,26H,6H2,1-5H3/t19-,20+,21-,25-/m1/s1. The van der Waals surface area contributed by atoms with Crippen LogP contribution < -0.4 is 24.4 Å². The maximum absolute atomic E-state index is 13.7. The van der Waals surface area contributed by atoms with Crippen molar-refractivity contribution in [2.75, 3.05) is 32.8 Å². The van der Waals surface area contributed by atoms with Gasteiger partial charge in [0.1, 0.15) is 11.3 Å². The van der Waals surface area contributed by atoms with Gasteiger partial charge >= 0.3 is 5.97 Å². The lowest BCUT2D eigenvalue weighted by Gasteiger charge is -2.29. The maximum Gasteiger partial charge on any atom is 0.326 e. The summed E-state index contributed by atoms with van der Waals surface area (Å²) in [5.74, 6) is -1.57. The molecule has 2 aliphatic heterocycles. The van der Waals surface area contributed by atoms with E-state index in [-0.39, 0.29) is 12.5 Å². The number of carbonyl (C=O) groups is 3. The third-order valence-corrected chi connectivity index (χ3v) is 6.58. The van der Waals surface area contributed by atoms with Crippen LogP contribution in [0.3, 0.4) is 0 Å². The molecule has 0 unspecified atom stereocenters. The summed E-state index contributed by atoms with van der Waals surface area (Å²) in [5.41, 5.74) is -0.284. The Kier molecular flexibility index (Phi) is 6.22. The van der Waals surface area contributed by atoms with Crippen molar-refractivity contribution in [2.45, 2.75) is 25.4 Å². The van der Waals surface area contributed by atoms with Crippen LogP contribution in [0.4, 0.5) is 5.69 Å². The second-order valence-corrected chi connectivity index (χ2v) is 8.37. The number of hydrogen-bond acceptors (Lipinski definition) is 8. The SMILES string of the molecule is CCOC(=O)[C@]1(C)N[C@H](c2ccc(OC)c(OC)c2)[C@@H]2C(=O)N(c3ccc(OC)cc3)C(=O)[C@H]21. The number of imide groups is 1. The zero-order valence-corrected chi connectivity index (χ0v) is 19.8. The number of hydrogen-bond donors (Lipinski definition) is 1. The molecule has 2 aromatic rings. The lowest BCUT2D eigenvalue weighted by Crippen LogP contribution is -2.54. The molecule has 180 valence electrons. The second kappa shape index (κ2) is 8.98. The van der Waals surface area contributed by atoms with Crippen molar-refractivity contribution in [1.29, 1.82) is 0 Å². The summed E-state index contributed by atoms with van der Waals surface area (Å²) in [4.78, 5) is 41.6. The van der Waals surface area contributed by atoms with Gasteiger partial charge < -0.3 is 18.9 Å². The highest BCUT2D eigenvalue weighted by atomic mass is 16.5. The Morgan fingerprint density at radius 2 is 1.65 bits per heavy atom. The number of amides is 2. The first-order chi connectivity index (χ1) is 16.3. The summed E-state index contributed by atoms with van der Waals surface area (Å²) in [7, 11) is 4.59. The molecule has 9 nitrogen and oxygen atoms in total. The lowest BCUT2D eigenvalue weighted by molar-refractivity contribution is -0.153. The number of nitrogens with zero attached hydrogens (tertiary/aromatic N) is 1. The number of carbonyl (C=O) groups excluding carboxylic acids is 3. The predicted octanol–water partition coefficient (Wildman–Crippen LogP) is 2.48. The van der Waals surface area contributed by atoms with Gasteiger partial charge in [0.2, 0.25) is 11.8 Å². The van der Waals surface area contributed by atoms with Crippen molar-refractivity contribution in [2.24, 2.45) is 11.8 Å². The Hall–Kier alpha value is -3.59. The van der Waals surface area contributed by atoms with Crippen molar-refractivity contribution in [3.63, 3.8) is 0 Å². The number of fused-ring (bicyclic) bond motifs is 1. The summed E-state index contributed by atoms with van der Waals surface area (Å²) in [6, 6.07) is 11.3. The topological polar surface area (TPSA) is 103 Å². The fourth-order valence-corrected chi connectivity index (χ4v) is 4.93. The van der Waals surface area contributed by atoms with Crippen LogP contribution in [0.1, 0.15) is 25.5 Å². The number of esters is 1. The number of anilines is 1. The molecule has 0 spiro atoms. The van der Waals surface area contributed by atoms with Crippen molar-refractivity contribution in [3.05, 3.63) is 48.0 Å². The number of nitrogens with one attached hydrogen (secondary N) is 1. The molecule has 34 heavy (non-hydrogen) atoms. The van der Waals surface area contributed by atoms with Crippen molar-refractivity contribution >= 4 is 23.5 Å². The minimum Gasteiger partial charge on any atom is -0.497 e. The van der Waals surface area contributed by atoms with Crippen LogP contribution in [0, 0.1) is 11.8 Å². The van der Waals surface area contributed by atoms with Crippen molar-refractivity contribution in [3.8, 4) is 17.2 Å². The average molecular weight is 469 g/mol. The summed E-state index contributed by atoms with van der Waals surface area (Å²) >= 11 is 0. The van der Waals surface area contributed by atoms with E-state index in [2.05, 4.69) is 5.32 Å². The monoisotopic (exact) mass is 468 g/mol. The summed E-state index contributed by atoms with van der Waals surface area (Å²) in [6.45, 7) is 3.47. The smallest absolute Gasteiger partial charge is 0.326 e. The molecule has 0 saturated carbocycles. The second-order valence-electron chi connectivity index (χ2n) is 8.37. The van der Waals surface area contributed by atoms with E-state index >= 15 is 0 Å². The molecule has 0 aromatic heterocycles. The molecule has 2 aromatic carbocycles. The normalized spacial score (nSPS) is 25.8. The van der Waals surface area contributed by atoms with Crippen LogP contribution in [0.2, 0.25) is 0 Å². The molecule has 1 N–H and O–H groups in total. The summed E-state index contributed by atoms with van der Waals surface area (Å²) < 4.78 is 21.3. The molecule has 2 aliphatic rings. The molecular weight excluding hydrogens is 440 g/mol. The van der Waals surface area contributed by atoms with Crippen LogP contribution in [-0.2, 0) is 19.1 Å². The first-order valence-corrected chi connectivity index (χ1v) is 11.0. The molecular formula is C25H28N2O7. The van der Waals surface area contributed by atoms with Gasteiger partial charge in [-0.3, -0.25) is 19.7 Å². The molecule has 9 heteroatoms. The van der Waals surface area contributed by atoms with E-state index in [4.69, 9.17) is 18.9 Å². The first kappa shape index (κ1) is 23.6. The van der Waals surface area contributed by atoms with E-state index in [1.165, 1.54) is 21.3 Å². The molecule has 0 radical (unpaired) electrons. The van der Waals surface area contributed by atoms with Crippen LogP contribution >= 0.6 is 0 Å². The molecule has 4 atom stereocenters. The third kappa shape index (κ3) is 3.56. The van der Waals surface area contributed by atoms with Gasteiger partial charge in [-0.2, -0.15) is 0 Å². The zero-order valence-electron chi connectivity index (χ0n) is 19.8. The minimum absolute atomic E-state index is 0.152. The summed E-state index contributed by atoms with van der Waals surface area (Å²) in [6.07, 6.45) is 0. The van der Waals surface area contributed by atoms with Gasteiger partial charge in [0.05, 0.1) is 45.5 Å². The van der Waals surface area contributed by atoms with E-state index in [0.29, 0.717) is 28.5 Å². The quantitative estimate of drug-likeness (QED) is 0.488. The van der Waals surface area contributed by atoms with E-state index < -0.39 is 35.3 Å². The molecule has 2 fully saturated rings. The van der Waals surface area contributed by atoms with Gasteiger partial charge in [0, 0.05) is 6.04 Å². The molecule has 4 rings (SSSR count). The molecule has 2 saturated heterocycles. The van der Waals surface area contributed by atoms with Gasteiger partial charge in [0.15, 0.2) is 11.5 Å². The van der Waals surface area contributed by atoms with Gasteiger partial charge in [0.25, 0.3) is 0 Å². The lowest BCUT2D eigenvalue weighted by atomic mass is 9.80. The van der Waals surface area contributed by atoms with Crippen LogP contribution in [0.15, 0.2) is 42.5 Å². The molecule has 2 heterocycles. The fourth-order valence-electron chi connectivity index (χ4n) is 4.93. The van der Waals surface area contributed by atoms with Gasteiger partial charge in [-0.1, -0.05) is 6.07 Å². The summed E-state index contributed by atoms with van der Waals surface area (Å²) in [5, 5.41) is 3.25.